The summed E-state index contributed by atoms with van der Waals surface area (Å²) in [4.78, 5) is 16.3. The molecule has 0 fully saturated rings. The maximum atomic E-state index is 12.1. The quantitative estimate of drug-likeness (QED) is 0.198. The highest BCUT2D eigenvalue weighted by Gasteiger charge is 2.16. The van der Waals surface area contributed by atoms with E-state index >= 15 is 0 Å². The number of furan rings is 1. The zero-order chi connectivity index (χ0) is 27.0. The number of carbonyl (C=O) groups excluding carboxylic acids is 1. The van der Waals surface area contributed by atoms with Crippen LogP contribution in [-0.4, -0.2) is 17.6 Å². The largest absolute Gasteiger partial charge is 0.488 e. The number of carbonyl (C=O) groups is 1. The van der Waals surface area contributed by atoms with Gasteiger partial charge in [-0.1, -0.05) is 42.5 Å². The van der Waals surface area contributed by atoms with Crippen LogP contribution in [0, 0.1) is 0 Å². The zero-order valence-corrected chi connectivity index (χ0v) is 21.9. The molecule has 3 N–H and O–H groups in total. The molecule has 0 spiro atoms. The Morgan fingerprint density at radius 1 is 0.974 bits per heavy atom. The molecule has 0 unspecified atom stereocenters. The second-order valence-corrected chi connectivity index (χ2v) is 9.16. The Hall–Kier alpha value is -4.62. The van der Waals surface area contributed by atoms with E-state index in [-0.39, 0.29) is 19.0 Å². The van der Waals surface area contributed by atoms with E-state index in [0.29, 0.717) is 25.4 Å². The molecule has 0 bridgehead atoms. The lowest BCUT2D eigenvalue weighted by Gasteiger charge is -2.12. The fourth-order valence-corrected chi connectivity index (χ4v) is 4.49. The van der Waals surface area contributed by atoms with Crippen LogP contribution in [0.15, 0.2) is 95.9 Å². The van der Waals surface area contributed by atoms with Gasteiger partial charge in [0.2, 0.25) is 0 Å². The fourth-order valence-electron chi connectivity index (χ4n) is 4.49. The molecule has 0 saturated carbocycles. The van der Waals surface area contributed by atoms with E-state index in [9.17, 15) is 4.79 Å². The van der Waals surface area contributed by atoms with Crippen LogP contribution < -0.4 is 15.8 Å². The Labute approximate surface area is 227 Å². The van der Waals surface area contributed by atoms with E-state index in [2.05, 4.69) is 34.6 Å². The van der Waals surface area contributed by atoms with Gasteiger partial charge in [-0.2, -0.15) is 0 Å². The zero-order valence-electron chi connectivity index (χ0n) is 21.9. The summed E-state index contributed by atoms with van der Waals surface area (Å²) in [5, 5.41) is 4.47. The molecule has 0 radical (unpaired) electrons. The molecule has 7 heteroatoms. The molecule has 198 valence electrons. The number of rotatable bonds is 11. The lowest BCUT2D eigenvalue weighted by atomic mass is 9.99. The Balaban J connectivity index is 1.47. The van der Waals surface area contributed by atoms with Gasteiger partial charge >= 0.3 is 5.97 Å². The number of aromatic nitrogens is 1. The third kappa shape index (κ3) is 6.27. The van der Waals surface area contributed by atoms with Gasteiger partial charge in [-0.3, -0.25) is 9.78 Å². The third-order valence-corrected chi connectivity index (χ3v) is 6.45. The minimum Gasteiger partial charge on any atom is -0.488 e. The van der Waals surface area contributed by atoms with Crippen molar-refractivity contribution in [3.05, 3.63) is 114 Å². The SMILES string of the molecule is CCOC(=O)Cc1ccccc1OCc1coc2c(NCc3cccnc3)cc(-c3cccc(CN)c3)cc12. The van der Waals surface area contributed by atoms with Crippen molar-refractivity contribution in [2.45, 2.75) is 33.0 Å². The van der Waals surface area contributed by atoms with Crippen LogP contribution in [-0.2, 0) is 35.6 Å². The molecule has 0 aliphatic heterocycles. The Bertz CT molecular complexity index is 1560. The standard InChI is InChI=1S/C32H31N3O4/c1-2-37-31(36)16-25-9-3-4-11-30(25)38-20-27-21-39-32-28(27)14-26(24-10-5-7-22(13-24)17-33)15-29(32)35-19-23-8-6-12-34-18-23/h3-15,18,21,35H,2,16-17,19-20,33H2,1H3. The van der Waals surface area contributed by atoms with Crippen molar-refractivity contribution in [2.24, 2.45) is 5.73 Å². The number of nitrogens with zero attached hydrogens (tertiary/aromatic N) is 1. The lowest BCUT2D eigenvalue weighted by Crippen LogP contribution is -2.09. The number of nitrogens with one attached hydrogen (secondary N) is 1. The molecule has 0 aliphatic carbocycles. The number of nitrogens with two attached hydrogens (primary N) is 1. The summed E-state index contributed by atoms with van der Waals surface area (Å²) in [7, 11) is 0. The highest BCUT2D eigenvalue weighted by atomic mass is 16.5. The van der Waals surface area contributed by atoms with Gasteiger partial charge in [0.15, 0.2) is 5.58 Å². The second kappa shape index (κ2) is 12.3. The molecule has 2 heterocycles. The normalized spacial score (nSPS) is 10.9. The molecule has 39 heavy (non-hydrogen) atoms. The summed E-state index contributed by atoms with van der Waals surface area (Å²) >= 11 is 0. The number of anilines is 1. The van der Waals surface area contributed by atoms with E-state index in [4.69, 9.17) is 19.6 Å². The summed E-state index contributed by atoms with van der Waals surface area (Å²) < 4.78 is 17.4. The minimum absolute atomic E-state index is 0.153. The number of para-hydroxylation sites is 1. The van der Waals surface area contributed by atoms with Crippen LogP contribution in [0.3, 0.4) is 0 Å². The topological polar surface area (TPSA) is 99.6 Å². The average molecular weight is 522 g/mol. The molecular formula is C32H31N3O4. The maximum Gasteiger partial charge on any atom is 0.310 e. The Kier molecular flexibility index (Phi) is 8.19. The van der Waals surface area contributed by atoms with Gasteiger partial charge in [0.05, 0.1) is 25.0 Å². The Morgan fingerprint density at radius 2 is 1.85 bits per heavy atom. The first-order valence-electron chi connectivity index (χ1n) is 13.0. The van der Waals surface area contributed by atoms with Gasteiger partial charge in [-0.15, -0.1) is 0 Å². The number of fused-ring (bicyclic) bond motifs is 1. The highest BCUT2D eigenvalue weighted by molar-refractivity contribution is 5.96. The minimum atomic E-state index is -0.281. The number of ether oxygens (including phenoxy) is 2. The van der Waals surface area contributed by atoms with Crippen molar-refractivity contribution in [1.29, 1.82) is 0 Å². The van der Waals surface area contributed by atoms with Crippen LogP contribution in [0.2, 0.25) is 0 Å². The molecule has 5 aromatic rings. The van der Waals surface area contributed by atoms with Gasteiger partial charge in [0.25, 0.3) is 0 Å². The maximum absolute atomic E-state index is 12.1. The van der Waals surface area contributed by atoms with Crippen molar-refractivity contribution in [3.8, 4) is 16.9 Å². The average Bonchev–Trinajstić information content (AvgIpc) is 3.39. The molecule has 0 aliphatic rings. The Morgan fingerprint density at radius 3 is 2.67 bits per heavy atom. The second-order valence-electron chi connectivity index (χ2n) is 9.16. The van der Waals surface area contributed by atoms with Crippen LogP contribution in [0.1, 0.15) is 29.2 Å². The highest BCUT2D eigenvalue weighted by Crippen LogP contribution is 2.35. The van der Waals surface area contributed by atoms with E-state index in [1.807, 2.05) is 54.7 Å². The summed E-state index contributed by atoms with van der Waals surface area (Å²) in [5.41, 5.74) is 13.4. The number of pyridine rings is 1. The van der Waals surface area contributed by atoms with Crippen LogP contribution in [0.5, 0.6) is 5.75 Å². The molecule has 0 saturated heterocycles. The van der Waals surface area contributed by atoms with Gasteiger partial charge in [0.1, 0.15) is 12.4 Å². The molecular weight excluding hydrogens is 490 g/mol. The summed E-state index contributed by atoms with van der Waals surface area (Å²) in [6, 6.07) is 23.9. The smallest absolute Gasteiger partial charge is 0.310 e. The van der Waals surface area contributed by atoms with Crippen LogP contribution >= 0.6 is 0 Å². The van der Waals surface area contributed by atoms with Crippen molar-refractivity contribution in [3.63, 3.8) is 0 Å². The molecule has 0 amide bonds. The summed E-state index contributed by atoms with van der Waals surface area (Å²) in [6.07, 6.45) is 5.48. The van der Waals surface area contributed by atoms with Gasteiger partial charge < -0.3 is 24.9 Å². The van der Waals surface area contributed by atoms with Crippen LogP contribution in [0.25, 0.3) is 22.1 Å². The summed E-state index contributed by atoms with van der Waals surface area (Å²) in [5.74, 6) is 0.359. The number of esters is 1. The molecule has 5 rings (SSSR count). The van der Waals surface area contributed by atoms with Crippen LogP contribution in [0.4, 0.5) is 5.69 Å². The predicted octanol–water partition coefficient (Wildman–Crippen LogP) is 6.25. The monoisotopic (exact) mass is 521 g/mol. The van der Waals surface area contributed by atoms with Crippen molar-refractivity contribution in [1.82, 2.24) is 4.98 Å². The van der Waals surface area contributed by atoms with Crippen molar-refractivity contribution < 1.29 is 18.7 Å². The first kappa shape index (κ1) is 26.0. The van der Waals surface area contributed by atoms with E-state index in [1.165, 1.54) is 0 Å². The lowest BCUT2D eigenvalue weighted by molar-refractivity contribution is -0.142. The summed E-state index contributed by atoms with van der Waals surface area (Å²) in [6.45, 7) is 3.49. The number of hydrogen-bond donors (Lipinski definition) is 2. The van der Waals surface area contributed by atoms with Gasteiger partial charge in [-0.05, 0) is 59.5 Å². The number of hydrogen-bond acceptors (Lipinski definition) is 7. The van der Waals surface area contributed by atoms with E-state index in [0.717, 1.165) is 50.0 Å². The van der Waals surface area contributed by atoms with Crippen molar-refractivity contribution in [2.75, 3.05) is 11.9 Å². The van der Waals surface area contributed by atoms with Gasteiger partial charge in [-0.25, -0.2) is 0 Å². The number of benzene rings is 3. The van der Waals surface area contributed by atoms with Crippen molar-refractivity contribution >= 4 is 22.6 Å². The predicted molar refractivity (Wildman–Crippen MR) is 152 cm³/mol. The van der Waals surface area contributed by atoms with E-state index < -0.39 is 0 Å². The molecule has 3 aromatic carbocycles. The molecule has 2 aromatic heterocycles. The molecule has 0 atom stereocenters. The van der Waals surface area contributed by atoms with Gasteiger partial charge in [0, 0.05) is 42.0 Å². The first-order valence-corrected chi connectivity index (χ1v) is 13.0. The first-order chi connectivity index (χ1) is 19.1. The fraction of sp³-hybridized carbons (Fsp3) is 0.188. The third-order valence-electron chi connectivity index (χ3n) is 6.45. The van der Waals surface area contributed by atoms with E-state index in [1.54, 1.807) is 19.4 Å². The molecule has 7 nitrogen and oxygen atoms in total.